The van der Waals surface area contributed by atoms with E-state index in [1.165, 1.54) is 32.1 Å². The van der Waals surface area contributed by atoms with E-state index in [0.29, 0.717) is 6.04 Å². The Morgan fingerprint density at radius 3 is 2.69 bits per heavy atom. The summed E-state index contributed by atoms with van der Waals surface area (Å²) in [7, 11) is 0. The summed E-state index contributed by atoms with van der Waals surface area (Å²) in [5.41, 5.74) is -0.560. The molecular formula is C13H27NOS. The molecule has 0 spiro atoms. The lowest BCUT2D eigenvalue weighted by Crippen LogP contribution is -2.47. The Hall–Kier alpha value is 0.270. The molecule has 3 heteroatoms. The summed E-state index contributed by atoms with van der Waals surface area (Å²) >= 11 is 1.71. The zero-order valence-electron chi connectivity index (χ0n) is 11.0. The van der Waals surface area contributed by atoms with Gasteiger partial charge >= 0.3 is 0 Å². The smallest absolute Gasteiger partial charge is 0.0833 e. The van der Waals surface area contributed by atoms with Crippen molar-refractivity contribution in [3.05, 3.63) is 0 Å². The van der Waals surface area contributed by atoms with Crippen LogP contribution in [0.4, 0.5) is 0 Å². The summed E-state index contributed by atoms with van der Waals surface area (Å²) in [5, 5.41) is 13.7. The Labute approximate surface area is 105 Å². The average Bonchev–Trinajstić information content (AvgIpc) is 2.27. The van der Waals surface area contributed by atoms with Crippen LogP contribution in [0.2, 0.25) is 0 Å². The van der Waals surface area contributed by atoms with Gasteiger partial charge in [0.2, 0.25) is 0 Å². The molecule has 1 aliphatic carbocycles. The molecule has 1 rings (SSSR count). The fourth-order valence-electron chi connectivity index (χ4n) is 2.68. The van der Waals surface area contributed by atoms with Crippen LogP contribution in [0.15, 0.2) is 0 Å². The molecule has 1 saturated carbocycles. The van der Waals surface area contributed by atoms with Gasteiger partial charge in [-0.3, -0.25) is 0 Å². The van der Waals surface area contributed by atoms with Crippen molar-refractivity contribution in [1.29, 1.82) is 0 Å². The number of rotatable bonds is 6. The first-order chi connectivity index (χ1) is 7.59. The SMILES string of the molecule is CCC1CCCCC1NCC(C)(O)CSC. The van der Waals surface area contributed by atoms with Crippen molar-refractivity contribution >= 4 is 11.8 Å². The van der Waals surface area contributed by atoms with Gasteiger partial charge in [0.05, 0.1) is 5.60 Å². The Kier molecular flexibility index (Phi) is 6.16. The van der Waals surface area contributed by atoms with Crippen molar-refractivity contribution in [3.8, 4) is 0 Å². The maximum absolute atomic E-state index is 10.1. The van der Waals surface area contributed by atoms with Crippen molar-refractivity contribution in [3.63, 3.8) is 0 Å². The molecule has 0 bridgehead atoms. The van der Waals surface area contributed by atoms with Crippen molar-refractivity contribution in [2.45, 2.75) is 57.6 Å². The van der Waals surface area contributed by atoms with Crippen LogP contribution >= 0.6 is 11.8 Å². The Balaban J connectivity index is 2.34. The maximum atomic E-state index is 10.1. The van der Waals surface area contributed by atoms with Crippen LogP contribution in [0.5, 0.6) is 0 Å². The standard InChI is InChI=1S/C13H27NOS/c1-4-11-7-5-6-8-12(11)14-9-13(2,15)10-16-3/h11-12,14-15H,4-10H2,1-3H3. The summed E-state index contributed by atoms with van der Waals surface area (Å²) < 4.78 is 0. The molecule has 16 heavy (non-hydrogen) atoms. The molecular weight excluding hydrogens is 218 g/mol. The van der Waals surface area contributed by atoms with Crippen molar-refractivity contribution in [2.24, 2.45) is 5.92 Å². The fraction of sp³-hybridized carbons (Fsp3) is 1.00. The predicted octanol–water partition coefficient (Wildman–Crippen LogP) is 2.66. The number of hydrogen-bond acceptors (Lipinski definition) is 3. The highest BCUT2D eigenvalue weighted by Crippen LogP contribution is 2.27. The molecule has 0 aromatic carbocycles. The minimum absolute atomic E-state index is 0.560. The largest absolute Gasteiger partial charge is 0.388 e. The number of nitrogens with one attached hydrogen (secondary N) is 1. The highest BCUT2D eigenvalue weighted by Gasteiger charge is 2.26. The zero-order chi connectivity index (χ0) is 12.0. The van der Waals surface area contributed by atoms with E-state index in [9.17, 15) is 5.11 Å². The predicted molar refractivity (Wildman–Crippen MR) is 73.0 cm³/mol. The molecule has 0 aliphatic heterocycles. The first-order valence-electron chi connectivity index (χ1n) is 6.54. The van der Waals surface area contributed by atoms with Gasteiger partial charge in [-0.25, -0.2) is 0 Å². The molecule has 2 nitrogen and oxygen atoms in total. The highest BCUT2D eigenvalue weighted by atomic mass is 32.2. The zero-order valence-corrected chi connectivity index (χ0v) is 11.8. The summed E-state index contributed by atoms with van der Waals surface area (Å²) in [5.74, 6) is 1.63. The molecule has 2 N–H and O–H groups in total. The second kappa shape index (κ2) is 6.87. The molecule has 3 atom stereocenters. The number of aliphatic hydroxyl groups is 1. The van der Waals surface area contributed by atoms with Crippen LogP contribution in [0, 0.1) is 5.92 Å². The minimum atomic E-state index is -0.560. The maximum Gasteiger partial charge on any atom is 0.0833 e. The van der Waals surface area contributed by atoms with E-state index in [1.54, 1.807) is 11.8 Å². The van der Waals surface area contributed by atoms with E-state index >= 15 is 0 Å². The van der Waals surface area contributed by atoms with Gasteiger partial charge in [-0.1, -0.05) is 26.2 Å². The van der Waals surface area contributed by atoms with Crippen LogP contribution in [0.3, 0.4) is 0 Å². The van der Waals surface area contributed by atoms with Crippen LogP contribution in [0.25, 0.3) is 0 Å². The van der Waals surface area contributed by atoms with Gasteiger partial charge in [-0.05, 0) is 31.9 Å². The summed E-state index contributed by atoms with van der Waals surface area (Å²) in [6.45, 7) is 4.94. The van der Waals surface area contributed by atoms with E-state index in [2.05, 4.69) is 12.2 Å². The van der Waals surface area contributed by atoms with Crippen LogP contribution < -0.4 is 5.32 Å². The first kappa shape index (κ1) is 14.3. The topological polar surface area (TPSA) is 32.3 Å². The molecule has 0 amide bonds. The van der Waals surface area contributed by atoms with E-state index in [0.717, 1.165) is 18.2 Å². The third-order valence-electron chi connectivity index (χ3n) is 3.63. The quantitative estimate of drug-likeness (QED) is 0.754. The highest BCUT2D eigenvalue weighted by molar-refractivity contribution is 7.98. The monoisotopic (exact) mass is 245 g/mol. The fourth-order valence-corrected chi connectivity index (χ4v) is 3.40. The van der Waals surface area contributed by atoms with Crippen LogP contribution in [-0.2, 0) is 0 Å². The summed E-state index contributed by atoms with van der Waals surface area (Å²) in [6.07, 6.45) is 8.69. The van der Waals surface area contributed by atoms with Crippen molar-refractivity contribution in [1.82, 2.24) is 5.32 Å². The van der Waals surface area contributed by atoms with Gasteiger partial charge in [-0.15, -0.1) is 0 Å². The Morgan fingerprint density at radius 2 is 2.06 bits per heavy atom. The summed E-state index contributed by atoms with van der Waals surface area (Å²) in [4.78, 5) is 0. The Morgan fingerprint density at radius 1 is 1.38 bits per heavy atom. The molecule has 96 valence electrons. The van der Waals surface area contributed by atoms with Crippen molar-refractivity contribution < 1.29 is 5.11 Å². The molecule has 0 saturated heterocycles. The molecule has 1 aliphatic rings. The normalized spacial score (nSPS) is 30.0. The number of thioether (sulfide) groups is 1. The number of hydrogen-bond donors (Lipinski definition) is 2. The average molecular weight is 245 g/mol. The lowest BCUT2D eigenvalue weighted by molar-refractivity contribution is 0.0750. The molecule has 1 fully saturated rings. The first-order valence-corrected chi connectivity index (χ1v) is 7.93. The third-order valence-corrected chi connectivity index (χ3v) is 4.54. The Bertz CT molecular complexity index is 196. The van der Waals surface area contributed by atoms with Crippen LogP contribution in [-0.4, -0.2) is 35.3 Å². The summed E-state index contributed by atoms with van der Waals surface area (Å²) in [6, 6.07) is 0.632. The molecule has 0 radical (unpaired) electrons. The van der Waals surface area contributed by atoms with Gasteiger partial charge in [0.1, 0.15) is 0 Å². The van der Waals surface area contributed by atoms with Crippen molar-refractivity contribution in [2.75, 3.05) is 18.6 Å². The van der Waals surface area contributed by atoms with Crippen LogP contribution in [0.1, 0.15) is 46.0 Å². The molecule has 0 aromatic rings. The third kappa shape index (κ3) is 4.64. The van der Waals surface area contributed by atoms with Gasteiger partial charge in [-0.2, -0.15) is 11.8 Å². The van der Waals surface area contributed by atoms with Gasteiger partial charge in [0.25, 0.3) is 0 Å². The second-order valence-corrected chi connectivity index (χ2v) is 6.24. The van der Waals surface area contributed by atoms with E-state index < -0.39 is 5.60 Å². The van der Waals surface area contributed by atoms with Gasteiger partial charge < -0.3 is 10.4 Å². The minimum Gasteiger partial charge on any atom is -0.388 e. The van der Waals surface area contributed by atoms with Gasteiger partial charge in [0.15, 0.2) is 0 Å². The molecule has 0 heterocycles. The lowest BCUT2D eigenvalue weighted by atomic mass is 9.82. The second-order valence-electron chi connectivity index (χ2n) is 5.37. The lowest BCUT2D eigenvalue weighted by Gasteiger charge is -2.34. The van der Waals surface area contributed by atoms with E-state index in [1.807, 2.05) is 13.2 Å². The molecule has 3 unspecified atom stereocenters. The molecule has 0 aromatic heterocycles. The van der Waals surface area contributed by atoms with E-state index in [-0.39, 0.29) is 0 Å². The van der Waals surface area contributed by atoms with Gasteiger partial charge in [0, 0.05) is 18.3 Å². The van der Waals surface area contributed by atoms with E-state index in [4.69, 9.17) is 0 Å².